The summed E-state index contributed by atoms with van der Waals surface area (Å²) in [5, 5.41) is 15.3. The summed E-state index contributed by atoms with van der Waals surface area (Å²) in [5.41, 5.74) is 2.23. The van der Waals surface area contributed by atoms with Gasteiger partial charge in [0.2, 0.25) is 11.8 Å². The zero-order chi connectivity index (χ0) is 23.3. The van der Waals surface area contributed by atoms with Gasteiger partial charge in [-0.15, -0.1) is 0 Å². The van der Waals surface area contributed by atoms with Crippen molar-refractivity contribution in [3.63, 3.8) is 0 Å². The van der Waals surface area contributed by atoms with Crippen LogP contribution < -0.4 is 16.2 Å². The molecule has 3 rings (SSSR count). The fraction of sp³-hybridized carbons (Fsp3) is 0.217. The number of hydrogen-bond acceptors (Lipinski definition) is 5. The van der Waals surface area contributed by atoms with Crippen LogP contribution in [0.5, 0.6) is 0 Å². The summed E-state index contributed by atoms with van der Waals surface area (Å²) >= 11 is 5.98. The number of carbonyl (C=O) groups excluding carboxylic acids is 2. The van der Waals surface area contributed by atoms with Gasteiger partial charge in [-0.05, 0) is 55.5 Å². The van der Waals surface area contributed by atoms with Crippen LogP contribution in [0.25, 0.3) is 11.4 Å². The van der Waals surface area contributed by atoms with Crippen molar-refractivity contribution in [2.75, 3.05) is 17.2 Å². The minimum absolute atomic E-state index is 0.144. The molecule has 0 saturated heterocycles. The molecule has 0 atom stereocenters. The van der Waals surface area contributed by atoms with Crippen molar-refractivity contribution in [3.05, 3.63) is 75.2 Å². The lowest BCUT2D eigenvalue weighted by Gasteiger charge is -2.16. The molecule has 2 amide bonds. The fourth-order valence-corrected chi connectivity index (χ4v) is 3.38. The highest BCUT2D eigenvalue weighted by Gasteiger charge is 2.18. The van der Waals surface area contributed by atoms with Gasteiger partial charge in [-0.25, -0.2) is 4.98 Å². The van der Waals surface area contributed by atoms with E-state index in [4.69, 9.17) is 11.6 Å². The van der Waals surface area contributed by atoms with Gasteiger partial charge >= 0.3 is 0 Å². The molecule has 0 aliphatic heterocycles. The smallest absolute Gasteiger partial charge is 0.257 e. The number of aliphatic hydroxyl groups excluding tert-OH is 1. The van der Waals surface area contributed by atoms with Gasteiger partial charge in [0, 0.05) is 53.2 Å². The van der Waals surface area contributed by atoms with Crippen LogP contribution in [0.4, 0.5) is 11.4 Å². The highest BCUT2D eigenvalue weighted by Crippen LogP contribution is 2.21. The molecule has 166 valence electrons. The molecule has 0 saturated carbocycles. The second-order valence-corrected chi connectivity index (χ2v) is 7.61. The standard InChI is InChI=1S/C23H23ClN4O4/c1-14-20(11-12-29)23(32)28(22(25-14)16-3-5-17(24)6-4-16)13-21(31)27-19-9-7-18(8-10-19)26-15(2)30/h3-10,29H,11-13H2,1-2H3,(H,26,30)(H,27,31). The lowest BCUT2D eigenvalue weighted by molar-refractivity contribution is -0.117. The van der Waals surface area contributed by atoms with Crippen molar-refractivity contribution >= 4 is 34.8 Å². The Kier molecular flexibility index (Phi) is 7.40. The molecule has 3 aromatic rings. The second-order valence-electron chi connectivity index (χ2n) is 7.18. The summed E-state index contributed by atoms with van der Waals surface area (Å²) in [6, 6.07) is 13.4. The Morgan fingerprint density at radius 1 is 1.03 bits per heavy atom. The highest BCUT2D eigenvalue weighted by molar-refractivity contribution is 6.30. The largest absolute Gasteiger partial charge is 0.396 e. The Balaban J connectivity index is 1.92. The van der Waals surface area contributed by atoms with E-state index >= 15 is 0 Å². The van der Waals surface area contributed by atoms with Crippen molar-refractivity contribution in [1.82, 2.24) is 9.55 Å². The van der Waals surface area contributed by atoms with E-state index in [1.807, 2.05) is 0 Å². The van der Waals surface area contributed by atoms with Crippen LogP contribution in [0.1, 0.15) is 18.2 Å². The summed E-state index contributed by atoms with van der Waals surface area (Å²) in [6.45, 7) is 2.64. The maximum absolute atomic E-state index is 13.1. The molecule has 1 heterocycles. The Bertz CT molecular complexity index is 1190. The molecule has 2 aromatic carbocycles. The lowest BCUT2D eigenvalue weighted by Crippen LogP contribution is -2.33. The number of halogens is 1. The number of nitrogens with one attached hydrogen (secondary N) is 2. The molecular weight excluding hydrogens is 432 g/mol. The first-order valence-electron chi connectivity index (χ1n) is 9.93. The van der Waals surface area contributed by atoms with Gasteiger partial charge in [0.15, 0.2) is 0 Å². The van der Waals surface area contributed by atoms with Gasteiger partial charge < -0.3 is 15.7 Å². The quantitative estimate of drug-likeness (QED) is 0.508. The molecule has 0 aliphatic carbocycles. The molecule has 8 nitrogen and oxygen atoms in total. The molecule has 0 unspecified atom stereocenters. The number of benzene rings is 2. The van der Waals surface area contributed by atoms with Gasteiger partial charge in [-0.3, -0.25) is 19.0 Å². The van der Waals surface area contributed by atoms with Crippen molar-refractivity contribution < 1.29 is 14.7 Å². The van der Waals surface area contributed by atoms with E-state index in [-0.39, 0.29) is 31.0 Å². The number of carbonyl (C=O) groups is 2. The van der Waals surface area contributed by atoms with E-state index in [2.05, 4.69) is 15.6 Å². The third kappa shape index (κ3) is 5.60. The van der Waals surface area contributed by atoms with Crippen LogP contribution >= 0.6 is 11.6 Å². The molecule has 1 aromatic heterocycles. The molecular formula is C23H23ClN4O4. The molecule has 3 N–H and O–H groups in total. The summed E-state index contributed by atoms with van der Waals surface area (Å²) in [5.74, 6) is -0.279. The minimum atomic E-state index is -0.421. The maximum Gasteiger partial charge on any atom is 0.257 e. The van der Waals surface area contributed by atoms with Crippen molar-refractivity contribution in [3.8, 4) is 11.4 Å². The molecule has 0 spiro atoms. The Labute approximate surface area is 189 Å². The fourth-order valence-electron chi connectivity index (χ4n) is 3.25. The average molecular weight is 455 g/mol. The number of aliphatic hydroxyl groups is 1. The van der Waals surface area contributed by atoms with E-state index < -0.39 is 5.91 Å². The topological polar surface area (TPSA) is 113 Å². The van der Waals surface area contributed by atoms with Crippen LogP contribution in [0.3, 0.4) is 0 Å². The zero-order valence-electron chi connectivity index (χ0n) is 17.7. The first-order valence-corrected chi connectivity index (χ1v) is 10.3. The number of rotatable bonds is 7. The predicted molar refractivity (Wildman–Crippen MR) is 124 cm³/mol. The zero-order valence-corrected chi connectivity index (χ0v) is 18.4. The Hall–Kier alpha value is -3.49. The molecule has 0 aliphatic rings. The molecule has 0 bridgehead atoms. The summed E-state index contributed by atoms with van der Waals surface area (Å²) < 4.78 is 1.29. The van der Waals surface area contributed by atoms with Crippen LogP contribution in [-0.4, -0.2) is 33.1 Å². The molecule has 9 heteroatoms. The number of aryl methyl sites for hydroxylation is 1. The van der Waals surface area contributed by atoms with E-state index in [0.717, 1.165) is 0 Å². The minimum Gasteiger partial charge on any atom is -0.396 e. The molecule has 32 heavy (non-hydrogen) atoms. The summed E-state index contributed by atoms with van der Waals surface area (Å²) in [6.07, 6.45) is 0.144. The monoisotopic (exact) mass is 454 g/mol. The van der Waals surface area contributed by atoms with Gasteiger partial charge in [0.25, 0.3) is 5.56 Å². The van der Waals surface area contributed by atoms with Crippen LogP contribution in [0, 0.1) is 6.92 Å². The van der Waals surface area contributed by atoms with E-state index in [0.29, 0.717) is 39.0 Å². The highest BCUT2D eigenvalue weighted by atomic mass is 35.5. The van der Waals surface area contributed by atoms with Crippen LogP contribution in [0.15, 0.2) is 53.3 Å². The first kappa shape index (κ1) is 23.2. The van der Waals surface area contributed by atoms with E-state index in [1.165, 1.54) is 11.5 Å². The second kappa shape index (κ2) is 10.2. The first-order chi connectivity index (χ1) is 15.3. The number of aromatic nitrogens is 2. The maximum atomic E-state index is 13.1. The Morgan fingerprint density at radius 2 is 1.62 bits per heavy atom. The number of anilines is 2. The number of nitrogens with zero attached hydrogens (tertiary/aromatic N) is 2. The third-order valence-corrected chi connectivity index (χ3v) is 4.98. The molecule has 0 fully saturated rings. The normalized spacial score (nSPS) is 10.6. The van der Waals surface area contributed by atoms with Crippen molar-refractivity contribution in [2.45, 2.75) is 26.8 Å². The number of amides is 2. The summed E-state index contributed by atoms with van der Waals surface area (Å²) in [7, 11) is 0. The lowest BCUT2D eigenvalue weighted by atomic mass is 10.1. The van der Waals surface area contributed by atoms with Gasteiger partial charge in [-0.1, -0.05) is 11.6 Å². The van der Waals surface area contributed by atoms with Crippen LogP contribution in [0.2, 0.25) is 5.02 Å². The Morgan fingerprint density at radius 3 is 2.19 bits per heavy atom. The van der Waals surface area contributed by atoms with Gasteiger partial charge in [0.05, 0.1) is 0 Å². The average Bonchev–Trinajstić information content (AvgIpc) is 2.75. The SMILES string of the molecule is CC(=O)Nc1ccc(NC(=O)Cn2c(-c3ccc(Cl)cc3)nc(C)c(CCO)c2=O)cc1. The molecule has 0 radical (unpaired) electrons. The van der Waals surface area contributed by atoms with Crippen molar-refractivity contribution in [2.24, 2.45) is 0 Å². The van der Waals surface area contributed by atoms with E-state index in [1.54, 1.807) is 55.5 Å². The summed E-state index contributed by atoms with van der Waals surface area (Å²) in [4.78, 5) is 41.6. The predicted octanol–water partition coefficient (Wildman–Crippen LogP) is 3.00. The van der Waals surface area contributed by atoms with Gasteiger partial charge in [0.1, 0.15) is 12.4 Å². The third-order valence-electron chi connectivity index (χ3n) is 4.72. The number of hydrogen-bond donors (Lipinski definition) is 3. The van der Waals surface area contributed by atoms with Crippen LogP contribution in [-0.2, 0) is 22.6 Å². The van der Waals surface area contributed by atoms with Gasteiger partial charge in [-0.2, -0.15) is 0 Å². The van der Waals surface area contributed by atoms with Crippen molar-refractivity contribution in [1.29, 1.82) is 0 Å². The van der Waals surface area contributed by atoms with E-state index in [9.17, 15) is 19.5 Å².